The number of unbranched alkanes of at least 4 members (excludes halogenated alkanes) is 1. The number of alkyl carbamates (subject to hydrolysis) is 2. The molecule has 0 bridgehead atoms. The third-order valence-corrected chi connectivity index (χ3v) is 8.40. The minimum absolute atomic E-state index is 0.0758. The number of hydrogen-bond donors (Lipinski definition) is 4. The molecular formula is C38H48N4O7. The SMILES string of the molecule is CC(C)[C@H](NC(=O)OCC1c2ccccc2-c2ccccc21)C(=O)N(c1ccc(CO)cc1)[C@@H](CCCCNC(=O)OC(C)(C)C)C(N)=O. The molecule has 49 heavy (non-hydrogen) atoms. The minimum Gasteiger partial charge on any atom is -0.449 e. The first-order valence-corrected chi connectivity index (χ1v) is 16.7. The highest BCUT2D eigenvalue weighted by Gasteiger charge is 2.37. The summed E-state index contributed by atoms with van der Waals surface area (Å²) in [5.41, 5.74) is 10.6. The smallest absolute Gasteiger partial charge is 0.407 e. The summed E-state index contributed by atoms with van der Waals surface area (Å²) in [4.78, 5) is 53.9. The fourth-order valence-corrected chi connectivity index (χ4v) is 6.02. The molecule has 2 atom stereocenters. The number of rotatable bonds is 14. The van der Waals surface area contributed by atoms with E-state index in [1.54, 1.807) is 58.9 Å². The number of primary amides is 1. The first-order chi connectivity index (χ1) is 23.3. The predicted octanol–water partition coefficient (Wildman–Crippen LogP) is 5.62. The fraction of sp³-hybridized carbons (Fsp3) is 0.421. The lowest BCUT2D eigenvalue weighted by Crippen LogP contribution is -2.57. The number of nitrogens with one attached hydrogen (secondary N) is 2. The van der Waals surface area contributed by atoms with E-state index in [0.717, 1.165) is 22.3 Å². The number of amides is 4. The van der Waals surface area contributed by atoms with Gasteiger partial charge in [0.25, 0.3) is 5.91 Å². The van der Waals surface area contributed by atoms with Crippen LogP contribution in [0.1, 0.15) is 76.5 Å². The Labute approximate surface area is 288 Å². The van der Waals surface area contributed by atoms with Gasteiger partial charge in [-0.1, -0.05) is 74.5 Å². The Kier molecular flexibility index (Phi) is 12.4. The van der Waals surface area contributed by atoms with E-state index in [-0.39, 0.29) is 31.5 Å². The molecule has 4 rings (SSSR count). The Hall–Kier alpha value is -4.90. The Morgan fingerprint density at radius 2 is 1.47 bits per heavy atom. The Balaban J connectivity index is 1.48. The summed E-state index contributed by atoms with van der Waals surface area (Å²) in [6, 6.07) is 20.5. The van der Waals surface area contributed by atoms with Crippen LogP contribution in [-0.2, 0) is 25.7 Å². The summed E-state index contributed by atoms with van der Waals surface area (Å²) in [6.45, 7) is 9.09. The summed E-state index contributed by atoms with van der Waals surface area (Å²) in [7, 11) is 0. The number of fused-ring (bicyclic) bond motifs is 3. The van der Waals surface area contributed by atoms with E-state index in [4.69, 9.17) is 15.2 Å². The molecular weight excluding hydrogens is 624 g/mol. The molecule has 1 aliphatic rings. The van der Waals surface area contributed by atoms with Gasteiger partial charge in [0.2, 0.25) is 5.91 Å². The number of nitrogens with two attached hydrogens (primary N) is 1. The van der Waals surface area contributed by atoms with Gasteiger partial charge < -0.3 is 30.9 Å². The van der Waals surface area contributed by atoms with E-state index < -0.39 is 41.7 Å². The number of carbonyl (C=O) groups excluding carboxylic acids is 4. The number of hydrogen-bond acceptors (Lipinski definition) is 7. The van der Waals surface area contributed by atoms with Crippen molar-refractivity contribution in [3.63, 3.8) is 0 Å². The van der Waals surface area contributed by atoms with Crippen LogP contribution >= 0.6 is 0 Å². The van der Waals surface area contributed by atoms with Crippen molar-refractivity contribution in [2.45, 2.75) is 84.1 Å². The van der Waals surface area contributed by atoms with Crippen LogP contribution in [0.2, 0.25) is 0 Å². The molecule has 0 saturated carbocycles. The minimum atomic E-state index is -1.06. The molecule has 0 radical (unpaired) electrons. The highest BCUT2D eigenvalue weighted by atomic mass is 16.6. The average Bonchev–Trinajstić information content (AvgIpc) is 3.38. The maximum atomic E-state index is 14.3. The van der Waals surface area contributed by atoms with Gasteiger partial charge in [-0.2, -0.15) is 0 Å². The molecule has 0 spiro atoms. The van der Waals surface area contributed by atoms with E-state index in [9.17, 15) is 24.3 Å². The molecule has 5 N–H and O–H groups in total. The van der Waals surface area contributed by atoms with E-state index in [1.807, 2.05) is 36.4 Å². The van der Waals surface area contributed by atoms with Gasteiger partial charge in [0.15, 0.2) is 0 Å². The molecule has 262 valence electrons. The number of anilines is 1. The summed E-state index contributed by atoms with van der Waals surface area (Å²) < 4.78 is 11.0. The van der Waals surface area contributed by atoms with Gasteiger partial charge in [-0.15, -0.1) is 0 Å². The second-order valence-electron chi connectivity index (χ2n) is 13.6. The molecule has 3 aromatic rings. The number of aliphatic hydroxyl groups is 1. The van der Waals surface area contributed by atoms with Crippen molar-refractivity contribution < 1.29 is 33.8 Å². The van der Waals surface area contributed by atoms with Crippen LogP contribution in [0.15, 0.2) is 72.8 Å². The Bertz CT molecular complexity index is 1570. The normalized spacial score (nSPS) is 13.5. The predicted molar refractivity (Wildman–Crippen MR) is 188 cm³/mol. The number of ether oxygens (including phenoxy) is 2. The molecule has 0 aromatic heterocycles. The van der Waals surface area contributed by atoms with Crippen molar-refractivity contribution in [2.24, 2.45) is 11.7 Å². The molecule has 0 aliphatic heterocycles. The highest BCUT2D eigenvalue weighted by Crippen LogP contribution is 2.44. The van der Waals surface area contributed by atoms with Gasteiger partial charge in [-0.05, 0) is 85.9 Å². The quantitative estimate of drug-likeness (QED) is 0.162. The summed E-state index contributed by atoms with van der Waals surface area (Å²) in [5, 5.41) is 15.0. The molecule has 0 heterocycles. The van der Waals surface area contributed by atoms with Crippen molar-refractivity contribution in [2.75, 3.05) is 18.1 Å². The first kappa shape index (κ1) is 36.9. The third-order valence-electron chi connectivity index (χ3n) is 8.40. The fourth-order valence-electron chi connectivity index (χ4n) is 6.02. The summed E-state index contributed by atoms with van der Waals surface area (Å²) in [5.74, 6) is -1.78. The lowest BCUT2D eigenvalue weighted by Gasteiger charge is -2.34. The van der Waals surface area contributed by atoms with Gasteiger partial charge in [-0.25, -0.2) is 9.59 Å². The maximum Gasteiger partial charge on any atom is 0.407 e. The first-order valence-electron chi connectivity index (χ1n) is 16.7. The lowest BCUT2D eigenvalue weighted by atomic mass is 9.98. The van der Waals surface area contributed by atoms with Gasteiger partial charge in [0.1, 0.15) is 24.3 Å². The monoisotopic (exact) mass is 672 g/mol. The van der Waals surface area contributed by atoms with E-state index >= 15 is 0 Å². The van der Waals surface area contributed by atoms with Gasteiger partial charge in [-0.3, -0.25) is 14.5 Å². The second-order valence-corrected chi connectivity index (χ2v) is 13.6. The molecule has 11 heteroatoms. The molecule has 0 fully saturated rings. The molecule has 11 nitrogen and oxygen atoms in total. The van der Waals surface area contributed by atoms with Crippen molar-refractivity contribution in [1.82, 2.24) is 10.6 Å². The Morgan fingerprint density at radius 3 is 2.00 bits per heavy atom. The average molecular weight is 673 g/mol. The van der Waals surface area contributed by atoms with Crippen LogP contribution in [-0.4, -0.2) is 59.9 Å². The molecule has 4 amide bonds. The molecule has 0 saturated heterocycles. The van der Waals surface area contributed by atoms with Crippen LogP contribution in [0.4, 0.5) is 15.3 Å². The van der Waals surface area contributed by atoms with Gasteiger partial charge in [0, 0.05) is 18.2 Å². The zero-order chi connectivity index (χ0) is 35.7. The zero-order valence-electron chi connectivity index (χ0n) is 28.9. The van der Waals surface area contributed by atoms with Crippen molar-refractivity contribution in [3.8, 4) is 11.1 Å². The van der Waals surface area contributed by atoms with E-state index in [1.165, 1.54) is 4.90 Å². The number of carbonyl (C=O) groups is 4. The van der Waals surface area contributed by atoms with Gasteiger partial charge >= 0.3 is 12.2 Å². The summed E-state index contributed by atoms with van der Waals surface area (Å²) >= 11 is 0. The van der Waals surface area contributed by atoms with Crippen LogP contribution in [0.3, 0.4) is 0 Å². The van der Waals surface area contributed by atoms with Crippen molar-refractivity contribution in [3.05, 3.63) is 89.5 Å². The van der Waals surface area contributed by atoms with Crippen LogP contribution < -0.4 is 21.3 Å². The number of aliphatic hydroxyl groups excluding tert-OH is 1. The summed E-state index contributed by atoms with van der Waals surface area (Å²) in [6.07, 6.45) is -0.143. The number of benzene rings is 3. The number of nitrogens with zero attached hydrogens (tertiary/aromatic N) is 1. The zero-order valence-corrected chi connectivity index (χ0v) is 28.9. The largest absolute Gasteiger partial charge is 0.449 e. The van der Waals surface area contributed by atoms with Crippen LogP contribution in [0.25, 0.3) is 11.1 Å². The van der Waals surface area contributed by atoms with Crippen molar-refractivity contribution >= 4 is 29.7 Å². The Morgan fingerprint density at radius 1 is 0.878 bits per heavy atom. The van der Waals surface area contributed by atoms with Crippen molar-refractivity contribution in [1.29, 1.82) is 0 Å². The highest BCUT2D eigenvalue weighted by molar-refractivity contribution is 6.04. The van der Waals surface area contributed by atoms with Crippen LogP contribution in [0.5, 0.6) is 0 Å². The topological polar surface area (TPSA) is 160 Å². The maximum absolute atomic E-state index is 14.3. The van der Waals surface area contributed by atoms with Gasteiger partial charge in [0.05, 0.1) is 6.61 Å². The molecule has 1 aliphatic carbocycles. The molecule has 3 aromatic carbocycles. The van der Waals surface area contributed by atoms with E-state index in [0.29, 0.717) is 30.6 Å². The standard InChI is InChI=1S/C38H48N4O7/c1-24(2)33(41-37(47)48-23-31-29-14-8-6-12-27(29)28-13-7-9-15-30(28)31)35(45)42(26-19-17-25(22-43)18-20-26)32(34(39)44)16-10-11-21-40-36(46)49-38(3,4)5/h6-9,12-15,17-20,24,31-33,43H,10-11,16,21-23H2,1-5H3,(H2,39,44)(H,40,46)(H,41,47)/t32-,33-/m0/s1. The lowest BCUT2D eigenvalue weighted by molar-refractivity contribution is -0.126. The third kappa shape index (κ3) is 9.60. The second kappa shape index (κ2) is 16.5. The van der Waals surface area contributed by atoms with E-state index in [2.05, 4.69) is 22.8 Å². The van der Waals surface area contributed by atoms with Crippen LogP contribution in [0, 0.1) is 5.92 Å². The molecule has 0 unspecified atom stereocenters.